The van der Waals surface area contributed by atoms with Gasteiger partial charge in [0.2, 0.25) is 0 Å². The first kappa shape index (κ1) is 12.7. The van der Waals surface area contributed by atoms with Crippen LogP contribution in [-0.2, 0) is 0 Å². The van der Waals surface area contributed by atoms with E-state index in [1.165, 1.54) is 0 Å². The quantitative estimate of drug-likeness (QED) is 0.728. The first-order valence-corrected chi connectivity index (χ1v) is 6.34. The van der Waals surface area contributed by atoms with Crippen molar-refractivity contribution in [3.63, 3.8) is 0 Å². The predicted octanol–water partition coefficient (Wildman–Crippen LogP) is 3.24. The summed E-state index contributed by atoms with van der Waals surface area (Å²) in [6.07, 6.45) is 1.78. The second kappa shape index (κ2) is 4.52. The summed E-state index contributed by atoms with van der Waals surface area (Å²) in [5.74, 6) is 0.564. The Morgan fingerprint density at radius 1 is 1.39 bits per heavy atom. The summed E-state index contributed by atoms with van der Waals surface area (Å²) in [7, 11) is 0. The van der Waals surface area contributed by atoms with E-state index in [1.807, 2.05) is 12.1 Å². The molecule has 4 nitrogen and oxygen atoms in total. The molecule has 0 aliphatic carbocycles. The van der Waals surface area contributed by atoms with Crippen LogP contribution in [-0.4, -0.2) is 16.7 Å². The fourth-order valence-electron chi connectivity index (χ4n) is 1.73. The summed E-state index contributed by atoms with van der Waals surface area (Å²) < 4.78 is 0. The topological polar surface area (TPSA) is 66.7 Å². The molecular formula is C14H22N4. The molecule has 0 fully saturated rings. The largest absolute Gasteiger partial charge is 0.397 e. The number of hydrogen-bond donors (Lipinski definition) is 3. The molecule has 2 rings (SSSR count). The van der Waals surface area contributed by atoms with Crippen LogP contribution in [0.5, 0.6) is 0 Å². The summed E-state index contributed by atoms with van der Waals surface area (Å²) in [5, 5.41) is 11.4. The molecule has 1 atom stereocenters. The Hall–Kier alpha value is -1.71. The second-order valence-corrected chi connectivity index (χ2v) is 6.04. The van der Waals surface area contributed by atoms with Gasteiger partial charge in [-0.25, -0.2) is 0 Å². The summed E-state index contributed by atoms with van der Waals surface area (Å²) >= 11 is 0. The van der Waals surface area contributed by atoms with Gasteiger partial charge in [0, 0.05) is 11.9 Å². The number of nitrogen functional groups attached to an aromatic ring is 1. The molecular weight excluding hydrogens is 224 g/mol. The molecule has 1 aromatic heterocycles. The third-order valence-electron chi connectivity index (χ3n) is 3.69. The highest BCUT2D eigenvalue weighted by Crippen LogP contribution is 2.28. The van der Waals surface area contributed by atoms with Crippen molar-refractivity contribution in [2.24, 2.45) is 11.3 Å². The Morgan fingerprint density at radius 2 is 2.11 bits per heavy atom. The van der Waals surface area contributed by atoms with Crippen molar-refractivity contribution in [2.45, 2.75) is 27.7 Å². The van der Waals surface area contributed by atoms with Crippen molar-refractivity contribution < 1.29 is 0 Å². The highest BCUT2D eigenvalue weighted by molar-refractivity contribution is 5.88. The zero-order chi connectivity index (χ0) is 13.3. The van der Waals surface area contributed by atoms with E-state index in [0.29, 0.717) is 11.3 Å². The van der Waals surface area contributed by atoms with Crippen molar-refractivity contribution in [3.05, 3.63) is 18.3 Å². The lowest BCUT2D eigenvalue weighted by Crippen LogP contribution is -2.25. The fourth-order valence-corrected chi connectivity index (χ4v) is 1.73. The van der Waals surface area contributed by atoms with Gasteiger partial charge < -0.3 is 11.1 Å². The van der Waals surface area contributed by atoms with E-state index in [9.17, 15) is 0 Å². The minimum absolute atomic E-state index is 0.292. The first-order chi connectivity index (χ1) is 8.38. The lowest BCUT2D eigenvalue weighted by atomic mass is 9.82. The molecule has 1 aromatic carbocycles. The van der Waals surface area contributed by atoms with Crippen LogP contribution in [0, 0.1) is 11.3 Å². The minimum atomic E-state index is 0.292. The SMILES string of the molecule is CC(CNc1cc2[nH]ncc2cc1N)C(C)(C)C. The summed E-state index contributed by atoms with van der Waals surface area (Å²) in [6, 6.07) is 3.97. The van der Waals surface area contributed by atoms with Gasteiger partial charge >= 0.3 is 0 Å². The number of rotatable bonds is 3. The van der Waals surface area contributed by atoms with Gasteiger partial charge in [0.15, 0.2) is 0 Å². The van der Waals surface area contributed by atoms with Crippen molar-refractivity contribution >= 4 is 22.3 Å². The number of anilines is 2. The van der Waals surface area contributed by atoms with Crippen molar-refractivity contribution in [3.8, 4) is 0 Å². The second-order valence-electron chi connectivity index (χ2n) is 6.04. The molecule has 0 bridgehead atoms. The number of nitrogens with two attached hydrogens (primary N) is 1. The zero-order valence-electron chi connectivity index (χ0n) is 11.5. The molecule has 0 aliphatic rings. The molecule has 18 heavy (non-hydrogen) atoms. The van der Waals surface area contributed by atoms with Gasteiger partial charge in [-0.1, -0.05) is 27.7 Å². The van der Waals surface area contributed by atoms with E-state index < -0.39 is 0 Å². The van der Waals surface area contributed by atoms with Gasteiger partial charge in [-0.3, -0.25) is 5.10 Å². The van der Waals surface area contributed by atoms with E-state index in [2.05, 4.69) is 43.2 Å². The number of hydrogen-bond acceptors (Lipinski definition) is 3. The smallest absolute Gasteiger partial charge is 0.0672 e. The molecule has 98 valence electrons. The van der Waals surface area contributed by atoms with Crippen LogP contribution >= 0.6 is 0 Å². The molecule has 0 aliphatic heterocycles. The summed E-state index contributed by atoms with van der Waals surface area (Å²) in [6.45, 7) is 9.91. The third-order valence-corrected chi connectivity index (χ3v) is 3.69. The van der Waals surface area contributed by atoms with Crippen molar-refractivity contribution in [1.29, 1.82) is 0 Å². The van der Waals surface area contributed by atoms with Gasteiger partial charge in [-0.05, 0) is 23.5 Å². The number of nitrogens with zero attached hydrogens (tertiary/aromatic N) is 1. The monoisotopic (exact) mass is 246 g/mol. The average molecular weight is 246 g/mol. The van der Waals surface area contributed by atoms with Gasteiger partial charge in [-0.2, -0.15) is 5.10 Å². The molecule has 0 saturated carbocycles. The van der Waals surface area contributed by atoms with E-state index in [0.717, 1.165) is 28.8 Å². The number of H-pyrrole nitrogens is 1. The third kappa shape index (κ3) is 2.58. The highest BCUT2D eigenvalue weighted by Gasteiger charge is 2.19. The van der Waals surface area contributed by atoms with E-state index in [1.54, 1.807) is 6.20 Å². The molecule has 1 heterocycles. The predicted molar refractivity (Wildman–Crippen MR) is 77.6 cm³/mol. The number of nitrogens with one attached hydrogen (secondary N) is 2. The number of aromatic amines is 1. The molecule has 4 heteroatoms. The number of fused-ring (bicyclic) bond motifs is 1. The van der Waals surface area contributed by atoms with E-state index in [-0.39, 0.29) is 0 Å². The lowest BCUT2D eigenvalue weighted by Gasteiger charge is -2.28. The van der Waals surface area contributed by atoms with Crippen LogP contribution in [0.2, 0.25) is 0 Å². The van der Waals surface area contributed by atoms with Gasteiger partial charge in [0.05, 0.1) is 23.1 Å². The standard InChI is InChI=1S/C14H22N4/c1-9(14(2,3)4)7-16-13-6-12-10(5-11(13)15)8-17-18-12/h5-6,8-9,16H,7,15H2,1-4H3,(H,17,18). The fraction of sp³-hybridized carbons (Fsp3) is 0.500. The van der Waals surface area contributed by atoms with Crippen molar-refractivity contribution in [2.75, 3.05) is 17.6 Å². The first-order valence-electron chi connectivity index (χ1n) is 6.34. The molecule has 4 N–H and O–H groups in total. The Balaban J connectivity index is 2.14. The number of benzene rings is 1. The summed E-state index contributed by atoms with van der Waals surface area (Å²) in [5.41, 5.74) is 9.08. The summed E-state index contributed by atoms with van der Waals surface area (Å²) in [4.78, 5) is 0. The van der Waals surface area contributed by atoms with Gasteiger partial charge in [0.1, 0.15) is 0 Å². The maximum atomic E-state index is 6.04. The molecule has 0 radical (unpaired) electrons. The molecule has 2 aromatic rings. The molecule has 1 unspecified atom stereocenters. The Morgan fingerprint density at radius 3 is 2.78 bits per heavy atom. The highest BCUT2D eigenvalue weighted by atomic mass is 15.1. The Bertz CT molecular complexity index is 536. The van der Waals surface area contributed by atoms with Gasteiger partial charge in [-0.15, -0.1) is 0 Å². The van der Waals surface area contributed by atoms with Crippen molar-refractivity contribution in [1.82, 2.24) is 10.2 Å². The maximum Gasteiger partial charge on any atom is 0.0672 e. The molecule has 0 amide bonds. The zero-order valence-corrected chi connectivity index (χ0v) is 11.5. The molecule has 0 spiro atoms. The molecule has 0 saturated heterocycles. The minimum Gasteiger partial charge on any atom is -0.397 e. The number of aromatic nitrogens is 2. The van der Waals surface area contributed by atoms with Crippen LogP contribution in [0.25, 0.3) is 10.9 Å². The normalized spacial score (nSPS) is 13.8. The Kier molecular flexibility index (Phi) is 3.20. The van der Waals surface area contributed by atoms with E-state index >= 15 is 0 Å². The van der Waals surface area contributed by atoms with Crippen LogP contribution in [0.3, 0.4) is 0 Å². The van der Waals surface area contributed by atoms with Crippen LogP contribution in [0.4, 0.5) is 11.4 Å². The van der Waals surface area contributed by atoms with Crippen LogP contribution < -0.4 is 11.1 Å². The van der Waals surface area contributed by atoms with E-state index in [4.69, 9.17) is 5.73 Å². The maximum absolute atomic E-state index is 6.04. The van der Waals surface area contributed by atoms with Gasteiger partial charge in [0.25, 0.3) is 0 Å². The van der Waals surface area contributed by atoms with Crippen LogP contribution in [0.15, 0.2) is 18.3 Å². The average Bonchev–Trinajstić information content (AvgIpc) is 2.70. The lowest BCUT2D eigenvalue weighted by molar-refractivity contribution is 0.274. The Labute approximate surface area is 108 Å². The van der Waals surface area contributed by atoms with Crippen LogP contribution in [0.1, 0.15) is 27.7 Å².